The van der Waals surface area contributed by atoms with Crippen LogP contribution in [0.3, 0.4) is 0 Å². The lowest BCUT2D eigenvalue weighted by molar-refractivity contribution is -0.0925. The summed E-state index contributed by atoms with van der Waals surface area (Å²) in [5.74, 6) is -0.124. The van der Waals surface area contributed by atoms with Crippen LogP contribution in [0.2, 0.25) is 0 Å². The molecule has 6 atom stereocenters. The predicted molar refractivity (Wildman–Crippen MR) is 118 cm³/mol. The van der Waals surface area contributed by atoms with Crippen LogP contribution in [0.1, 0.15) is 31.2 Å². The Hall–Kier alpha value is -3.36. The largest absolute Gasteiger partial charge is 0.509 e. The molecule has 0 radical (unpaired) electrons. The first-order valence-electron chi connectivity index (χ1n) is 11.0. The fourth-order valence-corrected chi connectivity index (χ4v) is 6.00. The minimum Gasteiger partial charge on any atom is -0.424 e. The Balaban J connectivity index is 1.25. The van der Waals surface area contributed by atoms with E-state index in [1.807, 2.05) is 0 Å². The molecule has 16 heteroatoms. The first-order chi connectivity index (χ1) is 17.3. The highest BCUT2D eigenvalue weighted by Gasteiger charge is 2.64. The van der Waals surface area contributed by atoms with Gasteiger partial charge < -0.3 is 19.9 Å². The Labute approximate surface area is 202 Å². The Kier molecular flexibility index (Phi) is 5.35. The molecule has 0 aromatic carbocycles. The number of imidazole rings is 1. The molecule has 3 N–H and O–H groups in total. The molecule has 190 valence electrons. The number of ether oxygens (including phenoxy) is 3. The number of H-pyrrole nitrogens is 1. The van der Waals surface area contributed by atoms with Crippen molar-refractivity contribution in [3.8, 4) is 0 Å². The molecule has 6 heterocycles. The number of phosphoric acid groups is 1. The number of nitrogens with one attached hydrogen (secondary N) is 1. The number of carbonyl (C=O) groups excluding carboxylic acids is 1. The van der Waals surface area contributed by atoms with Crippen molar-refractivity contribution >= 4 is 31.1 Å². The van der Waals surface area contributed by atoms with Crippen molar-refractivity contribution in [2.75, 3.05) is 18.9 Å². The zero-order valence-electron chi connectivity index (χ0n) is 18.8. The van der Waals surface area contributed by atoms with Crippen LogP contribution in [-0.2, 0) is 32.3 Å². The third kappa shape index (κ3) is 3.76. The topological polar surface area (TPSA) is 192 Å². The molecule has 3 aliphatic heterocycles. The van der Waals surface area contributed by atoms with Gasteiger partial charge in [0.25, 0.3) is 5.56 Å². The van der Waals surface area contributed by atoms with E-state index in [2.05, 4.69) is 19.9 Å². The monoisotopic (exact) mass is 520 g/mol. The van der Waals surface area contributed by atoms with E-state index in [-0.39, 0.29) is 30.3 Å². The first-order valence-corrected chi connectivity index (χ1v) is 12.5. The lowest BCUT2D eigenvalue weighted by Gasteiger charge is -2.29. The van der Waals surface area contributed by atoms with Gasteiger partial charge >= 0.3 is 14.0 Å². The summed E-state index contributed by atoms with van der Waals surface area (Å²) in [6.45, 7) is 1.43. The Morgan fingerprint density at radius 1 is 1.39 bits per heavy atom. The van der Waals surface area contributed by atoms with E-state index >= 15 is 0 Å². The maximum atomic E-state index is 13.2. The molecule has 3 aliphatic rings. The van der Waals surface area contributed by atoms with Crippen LogP contribution in [-0.4, -0.2) is 61.7 Å². The molecule has 36 heavy (non-hydrogen) atoms. The van der Waals surface area contributed by atoms with Gasteiger partial charge in [-0.25, -0.2) is 14.3 Å². The van der Waals surface area contributed by atoms with Crippen molar-refractivity contribution in [3.63, 3.8) is 0 Å². The van der Waals surface area contributed by atoms with Crippen molar-refractivity contribution in [3.05, 3.63) is 46.8 Å². The van der Waals surface area contributed by atoms with Gasteiger partial charge in [-0.3, -0.25) is 32.9 Å². The number of anilines is 1. The second kappa shape index (κ2) is 8.35. The molecule has 15 nitrogen and oxygen atoms in total. The number of rotatable bonds is 5. The highest BCUT2D eigenvalue weighted by molar-refractivity contribution is 7.48. The second-order valence-electron chi connectivity index (χ2n) is 8.62. The molecule has 0 spiro atoms. The van der Waals surface area contributed by atoms with Crippen molar-refractivity contribution in [1.29, 1.82) is 0 Å². The normalized spacial score (nSPS) is 33.9. The Morgan fingerprint density at radius 3 is 3.06 bits per heavy atom. The van der Waals surface area contributed by atoms with E-state index in [0.717, 1.165) is 5.56 Å². The molecule has 3 aromatic heterocycles. The molecule has 0 bridgehead atoms. The predicted octanol–water partition coefficient (Wildman–Crippen LogP) is 1.59. The van der Waals surface area contributed by atoms with Crippen molar-refractivity contribution in [2.45, 2.75) is 43.5 Å². The van der Waals surface area contributed by atoms with Gasteiger partial charge in [-0.1, -0.05) is 6.07 Å². The summed E-state index contributed by atoms with van der Waals surface area (Å²) in [5.41, 5.74) is 4.69. The summed E-state index contributed by atoms with van der Waals surface area (Å²) in [7, 11) is -3.98. The molecule has 3 aromatic rings. The first kappa shape index (κ1) is 23.1. The fraction of sp³-hybridized carbons (Fsp3) is 0.450. The molecule has 0 aliphatic carbocycles. The Bertz CT molecular complexity index is 1430. The fourth-order valence-electron chi connectivity index (χ4n) is 4.61. The number of nitrogens with zero attached hydrogens (tertiary/aromatic N) is 4. The van der Waals surface area contributed by atoms with Gasteiger partial charge in [-0.2, -0.15) is 4.98 Å². The smallest absolute Gasteiger partial charge is 0.424 e. The van der Waals surface area contributed by atoms with Gasteiger partial charge in [0.15, 0.2) is 29.1 Å². The summed E-state index contributed by atoms with van der Waals surface area (Å²) in [6, 6.07) is 3.55. The van der Waals surface area contributed by atoms with E-state index in [4.69, 9.17) is 33.5 Å². The maximum Gasteiger partial charge on any atom is 0.509 e. The maximum absolute atomic E-state index is 13.2. The second-order valence-corrected chi connectivity index (χ2v) is 10.2. The number of hydrogen-bond donors (Lipinski definition) is 2. The van der Waals surface area contributed by atoms with Crippen LogP contribution in [0.5, 0.6) is 0 Å². The zero-order valence-corrected chi connectivity index (χ0v) is 19.7. The van der Waals surface area contributed by atoms with Crippen LogP contribution in [0, 0.1) is 0 Å². The highest BCUT2D eigenvalue weighted by atomic mass is 31.2. The molecule has 3 saturated heterocycles. The van der Waals surface area contributed by atoms with E-state index < -0.39 is 49.7 Å². The van der Waals surface area contributed by atoms with Gasteiger partial charge in [0.05, 0.1) is 25.6 Å². The lowest BCUT2D eigenvalue weighted by Crippen LogP contribution is -2.42. The minimum absolute atomic E-state index is 0.0211. The number of pyridine rings is 1. The number of hydrogen-bond acceptors (Lipinski definition) is 13. The lowest BCUT2D eigenvalue weighted by atomic mass is 9.96. The highest BCUT2D eigenvalue weighted by Crippen LogP contribution is 2.58. The van der Waals surface area contributed by atoms with E-state index in [1.165, 1.54) is 10.9 Å². The van der Waals surface area contributed by atoms with Crippen LogP contribution in [0.25, 0.3) is 11.2 Å². The zero-order chi connectivity index (χ0) is 25.1. The minimum atomic E-state index is -3.98. The van der Waals surface area contributed by atoms with Gasteiger partial charge in [-0.15, -0.1) is 0 Å². The molecule has 0 saturated carbocycles. The molecule has 0 unspecified atom stereocenters. The molecule has 0 amide bonds. The van der Waals surface area contributed by atoms with Crippen LogP contribution in [0.15, 0.2) is 35.6 Å². The average Bonchev–Trinajstić information content (AvgIpc) is 3.47. The van der Waals surface area contributed by atoms with Crippen molar-refractivity contribution in [1.82, 2.24) is 24.5 Å². The number of nitrogen functional groups attached to an aromatic ring is 1. The third-order valence-electron chi connectivity index (χ3n) is 6.27. The number of aromatic nitrogens is 5. The number of nitrogens with two attached hydrogens (primary N) is 1. The quantitative estimate of drug-likeness (QED) is 0.364. The summed E-state index contributed by atoms with van der Waals surface area (Å²) in [4.78, 5) is 38.9. The summed E-state index contributed by atoms with van der Waals surface area (Å²) < 4.78 is 48.2. The molecule has 3 fully saturated rings. The van der Waals surface area contributed by atoms with Crippen LogP contribution < -0.4 is 11.3 Å². The Morgan fingerprint density at radius 2 is 2.25 bits per heavy atom. The summed E-state index contributed by atoms with van der Waals surface area (Å²) in [6.07, 6.45) is 0.699. The summed E-state index contributed by atoms with van der Waals surface area (Å²) in [5, 5.41) is 0. The number of carbonyl (C=O) groups is 1. The summed E-state index contributed by atoms with van der Waals surface area (Å²) >= 11 is 0. The van der Waals surface area contributed by atoms with E-state index in [1.54, 1.807) is 31.5 Å². The third-order valence-corrected chi connectivity index (χ3v) is 7.74. The van der Waals surface area contributed by atoms with Crippen molar-refractivity contribution < 1.29 is 37.1 Å². The molecular weight excluding hydrogens is 499 g/mol. The number of fused-ring (bicyclic) bond motifs is 2. The van der Waals surface area contributed by atoms with Gasteiger partial charge in [-0.05, 0) is 18.6 Å². The van der Waals surface area contributed by atoms with Crippen LogP contribution >= 0.6 is 7.82 Å². The van der Waals surface area contributed by atoms with Gasteiger partial charge in [0, 0.05) is 18.8 Å². The standard InChI is InChI=1S/C20H21N6O9P/c1-20-14(33-19(28)34-20)12(32-17(20)26-9-23-13-15(26)24-18(21)25-16(13)27)8-31-36(29)30-6-4-11(35-36)10-3-2-5-22-7-10/h2-3,5,7,9,11-12,14,17H,4,6,8H2,1H3,(H3,21,24,25,27)/t11-,12-,14-,17-,20-,36+/m1/s1. The van der Waals surface area contributed by atoms with Crippen molar-refractivity contribution in [2.24, 2.45) is 0 Å². The van der Waals surface area contributed by atoms with E-state index in [9.17, 15) is 14.2 Å². The van der Waals surface area contributed by atoms with E-state index in [0.29, 0.717) is 6.42 Å². The number of aromatic amines is 1. The molecular formula is C20H21N6O9P. The van der Waals surface area contributed by atoms with Gasteiger partial charge in [0.1, 0.15) is 6.10 Å². The van der Waals surface area contributed by atoms with Gasteiger partial charge in [0.2, 0.25) is 5.95 Å². The average molecular weight is 520 g/mol. The number of phosphoric ester groups is 1. The SMILES string of the molecule is C[C@@]12OC(=O)O[C@@H]1[C@@H](CO[P@]1(=O)OCC[C@H](c3cccnc3)O1)O[C@H]2n1cnc2c(=O)[nH]c(N)nc21. The molecule has 6 rings (SSSR count). The van der Waals surface area contributed by atoms with Crippen LogP contribution in [0.4, 0.5) is 10.7 Å².